The predicted octanol–water partition coefficient (Wildman–Crippen LogP) is 1.59. The van der Waals surface area contributed by atoms with Crippen molar-refractivity contribution in [1.29, 1.82) is 0 Å². The van der Waals surface area contributed by atoms with Crippen LogP contribution in [0.1, 0.15) is 18.4 Å². The molecule has 19 heavy (non-hydrogen) atoms. The van der Waals surface area contributed by atoms with Crippen molar-refractivity contribution in [2.75, 3.05) is 13.1 Å². The van der Waals surface area contributed by atoms with Crippen LogP contribution in [0.2, 0.25) is 0 Å². The molecule has 3 rings (SSSR count). The van der Waals surface area contributed by atoms with Gasteiger partial charge in [0, 0.05) is 25.9 Å². The second-order valence-electron chi connectivity index (χ2n) is 5.60. The van der Waals surface area contributed by atoms with E-state index in [4.69, 9.17) is 0 Å². The van der Waals surface area contributed by atoms with E-state index in [2.05, 4.69) is 0 Å². The van der Waals surface area contributed by atoms with E-state index in [1.54, 1.807) is 16.4 Å². The molecule has 0 bridgehead atoms. The number of carbonyl (C=O) groups is 1. The number of ketones is 1. The van der Waals surface area contributed by atoms with Crippen molar-refractivity contribution < 1.29 is 13.2 Å². The lowest BCUT2D eigenvalue weighted by molar-refractivity contribution is -0.117. The van der Waals surface area contributed by atoms with Crippen LogP contribution in [0.4, 0.5) is 0 Å². The van der Waals surface area contributed by atoms with Crippen LogP contribution in [-0.4, -0.2) is 31.6 Å². The van der Waals surface area contributed by atoms with Crippen LogP contribution in [0.3, 0.4) is 0 Å². The van der Waals surface area contributed by atoms with Gasteiger partial charge in [0.15, 0.2) is 0 Å². The van der Waals surface area contributed by atoms with Gasteiger partial charge in [-0.2, -0.15) is 4.31 Å². The molecule has 2 fully saturated rings. The summed E-state index contributed by atoms with van der Waals surface area (Å²) in [7, 11) is -3.39. The summed E-state index contributed by atoms with van der Waals surface area (Å²) < 4.78 is 26.5. The van der Waals surface area contributed by atoms with Crippen LogP contribution in [0.25, 0.3) is 0 Å². The van der Waals surface area contributed by atoms with Gasteiger partial charge in [0.1, 0.15) is 5.78 Å². The van der Waals surface area contributed by atoms with Gasteiger partial charge < -0.3 is 0 Å². The summed E-state index contributed by atoms with van der Waals surface area (Å²) in [6, 6.07) is 6.94. The largest absolute Gasteiger partial charge is 0.300 e. The molecule has 0 spiro atoms. The molecule has 0 N–H and O–H groups in total. The molecule has 1 aromatic rings. The molecule has 102 valence electrons. The first-order valence-corrected chi connectivity index (χ1v) is 7.99. The van der Waals surface area contributed by atoms with Crippen LogP contribution in [0.15, 0.2) is 29.2 Å². The first-order valence-electron chi connectivity index (χ1n) is 6.55. The number of carbonyl (C=O) groups excluding carboxylic acids is 1. The first-order chi connectivity index (χ1) is 8.96. The number of aryl methyl sites for hydroxylation is 1. The van der Waals surface area contributed by atoms with Crippen molar-refractivity contribution in [2.24, 2.45) is 11.8 Å². The Morgan fingerprint density at radius 1 is 1.05 bits per heavy atom. The zero-order chi connectivity index (χ0) is 13.6. The SMILES string of the molecule is Cc1ccc(S(=O)(=O)N2C[C@H]3CC(=O)C[C@H]3C2)cc1. The quantitative estimate of drug-likeness (QED) is 0.826. The third-order valence-corrected chi connectivity index (χ3v) is 6.03. The molecular weight excluding hydrogens is 262 g/mol. The summed E-state index contributed by atoms with van der Waals surface area (Å²) >= 11 is 0. The molecule has 1 aromatic carbocycles. The zero-order valence-corrected chi connectivity index (χ0v) is 11.7. The number of hydrogen-bond donors (Lipinski definition) is 0. The van der Waals surface area contributed by atoms with Gasteiger partial charge in [0.25, 0.3) is 0 Å². The van der Waals surface area contributed by atoms with Gasteiger partial charge in [0.05, 0.1) is 4.90 Å². The van der Waals surface area contributed by atoms with Gasteiger partial charge in [-0.3, -0.25) is 4.79 Å². The molecule has 5 heteroatoms. The monoisotopic (exact) mass is 279 g/mol. The van der Waals surface area contributed by atoms with Crippen LogP contribution in [0.5, 0.6) is 0 Å². The summed E-state index contributed by atoms with van der Waals surface area (Å²) in [6.45, 7) is 2.92. The highest BCUT2D eigenvalue weighted by Crippen LogP contribution is 2.38. The molecule has 1 saturated heterocycles. The second-order valence-corrected chi connectivity index (χ2v) is 7.54. The van der Waals surface area contributed by atoms with Gasteiger partial charge in [-0.15, -0.1) is 0 Å². The number of benzene rings is 1. The Morgan fingerprint density at radius 2 is 1.58 bits per heavy atom. The Balaban J connectivity index is 1.83. The van der Waals surface area contributed by atoms with E-state index < -0.39 is 10.0 Å². The smallest absolute Gasteiger partial charge is 0.243 e. The summed E-state index contributed by atoms with van der Waals surface area (Å²) in [4.78, 5) is 11.7. The molecule has 0 amide bonds. The normalized spacial score (nSPS) is 27.7. The molecule has 2 atom stereocenters. The molecule has 0 radical (unpaired) electrons. The van der Waals surface area contributed by atoms with Crippen LogP contribution < -0.4 is 0 Å². The first kappa shape index (κ1) is 12.8. The molecule has 4 nitrogen and oxygen atoms in total. The molecular formula is C14H17NO3S. The predicted molar refractivity (Wildman–Crippen MR) is 71.2 cm³/mol. The number of fused-ring (bicyclic) bond motifs is 1. The van der Waals surface area contributed by atoms with Crippen LogP contribution in [0, 0.1) is 18.8 Å². The maximum absolute atomic E-state index is 12.5. The van der Waals surface area contributed by atoms with E-state index in [1.807, 2.05) is 19.1 Å². The van der Waals surface area contributed by atoms with Crippen LogP contribution in [-0.2, 0) is 14.8 Å². The number of sulfonamides is 1. The lowest BCUT2D eigenvalue weighted by Crippen LogP contribution is -2.30. The fourth-order valence-corrected chi connectivity index (χ4v) is 4.64. The highest BCUT2D eigenvalue weighted by Gasteiger charge is 2.44. The summed E-state index contributed by atoms with van der Waals surface area (Å²) in [5.41, 5.74) is 1.04. The van der Waals surface area contributed by atoms with Crippen molar-refractivity contribution >= 4 is 15.8 Å². The average molecular weight is 279 g/mol. The molecule has 1 aliphatic heterocycles. The molecule has 1 saturated carbocycles. The van der Waals surface area contributed by atoms with E-state index in [0.29, 0.717) is 30.8 Å². The van der Waals surface area contributed by atoms with E-state index in [0.717, 1.165) is 5.56 Å². The van der Waals surface area contributed by atoms with Crippen molar-refractivity contribution in [3.63, 3.8) is 0 Å². The van der Waals surface area contributed by atoms with Gasteiger partial charge in [0.2, 0.25) is 10.0 Å². The van der Waals surface area contributed by atoms with E-state index in [-0.39, 0.29) is 17.6 Å². The second kappa shape index (κ2) is 4.42. The van der Waals surface area contributed by atoms with Gasteiger partial charge in [-0.25, -0.2) is 8.42 Å². The Morgan fingerprint density at radius 3 is 2.11 bits per heavy atom. The van der Waals surface area contributed by atoms with Crippen LogP contribution >= 0.6 is 0 Å². The van der Waals surface area contributed by atoms with Gasteiger partial charge >= 0.3 is 0 Å². The minimum absolute atomic E-state index is 0.229. The minimum atomic E-state index is -3.39. The highest BCUT2D eigenvalue weighted by molar-refractivity contribution is 7.89. The van der Waals surface area contributed by atoms with Crippen molar-refractivity contribution in [2.45, 2.75) is 24.7 Å². The lowest BCUT2D eigenvalue weighted by Gasteiger charge is -2.17. The third-order valence-electron chi connectivity index (χ3n) is 4.18. The minimum Gasteiger partial charge on any atom is -0.300 e. The third kappa shape index (κ3) is 2.21. The van der Waals surface area contributed by atoms with Crippen molar-refractivity contribution in [1.82, 2.24) is 4.31 Å². The maximum atomic E-state index is 12.5. The number of Topliss-reactive ketones (excluding diaryl/α,β-unsaturated/α-hetero) is 1. The highest BCUT2D eigenvalue weighted by atomic mass is 32.2. The Hall–Kier alpha value is -1.20. The fraction of sp³-hybridized carbons (Fsp3) is 0.500. The summed E-state index contributed by atoms with van der Waals surface area (Å²) in [5.74, 6) is 0.739. The van der Waals surface area contributed by atoms with Crippen molar-refractivity contribution in [3.8, 4) is 0 Å². The Kier molecular flexibility index (Phi) is 2.98. The summed E-state index contributed by atoms with van der Waals surface area (Å²) in [5, 5.41) is 0. The number of nitrogens with zero attached hydrogens (tertiary/aromatic N) is 1. The molecule has 0 aromatic heterocycles. The van der Waals surface area contributed by atoms with Gasteiger partial charge in [-0.1, -0.05) is 17.7 Å². The Labute approximate surface area is 113 Å². The molecule has 2 aliphatic rings. The lowest BCUT2D eigenvalue weighted by atomic mass is 10.0. The summed E-state index contributed by atoms with van der Waals surface area (Å²) in [6.07, 6.45) is 1.09. The average Bonchev–Trinajstić information content (AvgIpc) is 2.87. The number of rotatable bonds is 2. The topological polar surface area (TPSA) is 54.5 Å². The van der Waals surface area contributed by atoms with Crippen molar-refractivity contribution in [3.05, 3.63) is 29.8 Å². The molecule has 1 aliphatic carbocycles. The van der Waals surface area contributed by atoms with Gasteiger partial charge in [-0.05, 0) is 30.9 Å². The fourth-order valence-electron chi connectivity index (χ4n) is 3.08. The Bertz CT molecular complexity index is 590. The molecule has 0 unspecified atom stereocenters. The van der Waals surface area contributed by atoms with E-state index >= 15 is 0 Å². The zero-order valence-electron chi connectivity index (χ0n) is 10.9. The maximum Gasteiger partial charge on any atom is 0.243 e. The molecule has 1 heterocycles. The van der Waals surface area contributed by atoms with E-state index in [9.17, 15) is 13.2 Å². The number of hydrogen-bond acceptors (Lipinski definition) is 3. The van der Waals surface area contributed by atoms with E-state index in [1.165, 1.54) is 0 Å². The standard InChI is InChI=1S/C14H17NO3S/c1-10-2-4-14(5-3-10)19(17,18)15-8-11-6-13(16)7-12(11)9-15/h2-5,11-12H,6-9H2,1H3/t11-,12+.